The molecule has 3 rings (SSSR count). The van der Waals surface area contributed by atoms with Gasteiger partial charge in [0, 0.05) is 18.7 Å². The van der Waals surface area contributed by atoms with Gasteiger partial charge in [-0.05, 0) is 42.8 Å². The quantitative estimate of drug-likeness (QED) is 0.731. The van der Waals surface area contributed by atoms with Crippen molar-refractivity contribution in [1.29, 1.82) is 0 Å². The van der Waals surface area contributed by atoms with Gasteiger partial charge >= 0.3 is 0 Å². The molecule has 0 aliphatic heterocycles. The molecule has 3 aromatic rings. The van der Waals surface area contributed by atoms with Crippen LogP contribution in [-0.2, 0) is 0 Å². The molecule has 0 spiro atoms. The van der Waals surface area contributed by atoms with E-state index in [2.05, 4.69) is 10.3 Å². The summed E-state index contributed by atoms with van der Waals surface area (Å²) < 4.78 is 18.6. The molecule has 0 amide bonds. The monoisotopic (exact) mass is 304 g/mol. The van der Waals surface area contributed by atoms with Gasteiger partial charge in [0.15, 0.2) is 11.5 Å². The third-order valence-corrected chi connectivity index (χ3v) is 3.61. The van der Waals surface area contributed by atoms with Crippen LogP contribution < -0.4 is 5.32 Å². The zero-order valence-corrected chi connectivity index (χ0v) is 12.4. The van der Waals surface area contributed by atoms with Crippen LogP contribution in [-0.4, -0.2) is 4.98 Å². The molecule has 0 saturated heterocycles. The Balaban J connectivity index is 1.84. The Kier molecular flexibility index (Phi) is 3.55. The van der Waals surface area contributed by atoms with Gasteiger partial charge in [-0.3, -0.25) is 0 Å². The molecule has 0 aliphatic carbocycles. The second-order valence-corrected chi connectivity index (χ2v) is 5.36. The predicted molar refractivity (Wildman–Crippen MR) is 82.2 cm³/mol. The lowest BCUT2D eigenvalue weighted by Crippen LogP contribution is -2.06. The normalized spacial score (nSPS) is 12.6. The van der Waals surface area contributed by atoms with Gasteiger partial charge in [-0.15, -0.1) is 0 Å². The fourth-order valence-electron chi connectivity index (χ4n) is 2.25. The zero-order valence-electron chi connectivity index (χ0n) is 11.7. The van der Waals surface area contributed by atoms with Gasteiger partial charge in [0.2, 0.25) is 0 Å². The largest absolute Gasteiger partial charge is 0.441 e. The Morgan fingerprint density at radius 2 is 2.05 bits per heavy atom. The number of anilines is 1. The van der Waals surface area contributed by atoms with E-state index in [-0.39, 0.29) is 11.1 Å². The molecular formula is C16H14ClFN2O. The Morgan fingerprint density at radius 3 is 2.81 bits per heavy atom. The van der Waals surface area contributed by atoms with E-state index in [0.29, 0.717) is 5.89 Å². The number of hydrogen-bond donors (Lipinski definition) is 1. The summed E-state index contributed by atoms with van der Waals surface area (Å²) in [6.07, 6.45) is 0. The summed E-state index contributed by atoms with van der Waals surface area (Å²) in [5.74, 6) is 0.229. The summed E-state index contributed by atoms with van der Waals surface area (Å²) in [7, 11) is 0. The molecule has 0 fully saturated rings. The van der Waals surface area contributed by atoms with Crippen LogP contribution in [0.4, 0.5) is 10.1 Å². The smallest absolute Gasteiger partial charge is 0.192 e. The molecule has 1 atom stereocenters. The molecule has 2 aromatic carbocycles. The molecule has 1 N–H and O–H groups in total. The lowest BCUT2D eigenvalue weighted by Gasteiger charge is -2.16. The first kappa shape index (κ1) is 13.9. The number of fused-ring (bicyclic) bond motifs is 1. The SMILES string of the molecule is Cc1nc2cc(NC(C)c3ccc(F)c(Cl)c3)ccc2o1. The average molecular weight is 305 g/mol. The van der Waals surface area contributed by atoms with Crippen LogP contribution in [0.1, 0.15) is 24.4 Å². The molecule has 5 heteroatoms. The number of nitrogens with one attached hydrogen (secondary N) is 1. The summed E-state index contributed by atoms with van der Waals surface area (Å²) in [5.41, 5.74) is 3.40. The Morgan fingerprint density at radius 1 is 1.24 bits per heavy atom. The van der Waals surface area contributed by atoms with Crippen molar-refractivity contribution in [2.75, 3.05) is 5.32 Å². The number of rotatable bonds is 3. The van der Waals surface area contributed by atoms with Crippen LogP contribution >= 0.6 is 11.6 Å². The number of aromatic nitrogens is 1. The second-order valence-electron chi connectivity index (χ2n) is 4.95. The Hall–Kier alpha value is -2.07. The van der Waals surface area contributed by atoms with Crippen molar-refractivity contribution in [3.63, 3.8) is 0 Å². The van der Waals surface area contributed by atoms with Crippen LogP contribution in [0.25, 0.3) is 11.1 Å². The minimum atomic E-state index is -0.410. The van der Waals surface area contributed by atoms with Crippen LogP contribution in [0, 0.1) is 12.7 Å². The summed E-state index contributed by atoms with van der Waals surface area (Å²) in [4.78, 5) is 4.30. The molecule has 3 nitrogen and oxygen atoms in total. The molecule has 0 saturated carbocycles. The maximum atomic E-state index is 13.2. The third-order valence-electron chi connectivity index (χ3n) is 3.32. The van der Waals surface area contributed by atoms with Crippen molar-refractivity contribution in [3.8, 4) is 0 Å². The summed E-state index contributed by atoms with van der Waals surface area (Å²) >= 11 is 5.82. The highest BCUT2D eigenvalue weighted by molar-refractivity contribution is 6.30. The van der Waals surface area contributed by atoms with Gasteiger partial charge in [0.25, 0.3) is 0 Å². The van der Waals surface area contributed by atoms with Crippen LogP contribution in [0.5, 0.6) is 0 Å². The van der Waals surface area contributed by atoms with Gasteiger partial charge in [0.1, 0.15) is 11.3 Å². The third kappa shape index (κ3) is 2.85. The molecular weight excluding hydrogens is 291 g/mol. The average Bonchev–Trinajstić information content (AvgIpc) is 2.81. The molecule has 0 aliphatic rings. The van der Waals surface area contributed by atoms with E-state index >= 15 is 0 Å². The number of hydrogen-bond acceptors (Lipinski definition) is 3. The standard InChI is InChI=1S/C16H14ClFN2O/c1-9(11-3-5-14(18)13(17)7-11)19-12-4-6-16-15(8-12)20-10(2)21-16/h3-9,19H,1-2H3. The molecule has 108 valence electrons. The highest BCUT2D eigenvalue weighted by Gasteiger charge is 2.09. The number of nitrogens with zero attached hydrogens (tertiary/aromatic N) is 1. The van der Waals surface area contributed by atoms with Crippen molar-refractivity contribution in [1.82, 2.24) is 4.98 Å². The second kappa shape index (κ2) is 5.37. The van der Waals surface area contributed by atoms with E-state index in [1.165, 1.54) is 6.07 Å². The number of oxazole rings is 1. The van der Waals surface area contributed by atoms with Crippen molar-refractivity contribution in [2.45, 2.75) is 19.9 Å². The highest BCUT2D eigenvalue weighted by Crippen LogP contribution is 2.26. The fraction of sp³-hybridized carbons (Fsp3) is 0.188. The first-order valence-electron chi connectivity index (χ1n) is 6.61. The van der Waals surface area contributed by atoms with Crippen LogP contribution in [0.2, 0.25) is 5.02 Å². The Labute approximate surface area is 126 Å². The first-order valence-corrected chi connectivity index (χ1v) is 6.99. The molecule has 1 aromatic heterocycles. The number of benzene rings is 2. The minimum Gasteiger partial charge on any atom is -0.441 e. The highest BCUT2D eigenvalue weighted by atomic mass is 35.5. The van der Waals surface area contributed by atoms with Gasteiger partial charge < -0.3 is 9.73 Å². The summed E-state index contributed by atoms with van der Waals surface area (Å²) in [5, 5.41) is 3.47. The Bertz CT molecular complexity index is 800. The van der Waals surface area contributed by atoms with Gasteiger partial charge in [-0.1, -0.05) is 17.7 Å². The van der Waals surface area contributed by atoms with E-state index in [0.717, 1.165) is 22.4 Å². The van der Waals surface area contributed by atoms with Gasteiger partial charge in [-0.2, -0.15) is 0 Å². The first-order chi connectivity index (χ1) is 10.0. The molecule has 21 heavy (non-hydrogen) atoms. The van der Waals surface area contributed by atoms with Crippen molar-refractivity contribution in [2.24, 2.45) is 0 Å². The minimum absolute atomic E-state index is 0.00597. The maximum Gasteiger partial charge on any atom is 0.192 e. The molecule has 0 bridgehead atoms. The van der Waals surface area contributed by atoms with Crippen LogP contribution in [0.15, 0.2) is 40.8 Å². The zero-order chi connectivity index (χ0) is 15.0. The van der Waals surface area contributed by atoms with E-state index < -0.39 is 5.82 Å². The summed E-state index contributed by atoms with van der Waals surface area (Å²) in [6.45, 7) is 3.80. The van der Waals surface area contributed by atoms with Gasteiger partial charge in [-0.25, -0.2) is 9.37 Å². The van der Waals surface area contributed by atoms with Crippen molar-refractivity contribution in [3.05, 3.63) is 58.7 Å². The fourth-order valence-corrected chi connectivity index (χ4v) is 2.44. The van der Waals surface area contributed by atoms with E-state index in [1.54, 1.807) is 12.1 Å². The molecule has 1 heterocycles. The van der Waals surface area contributed by atoms with Gasteiger partial charge in [0.05, 0.1) is 5.02 Å². The molecule has 0 radical (unpaired) electrons. The topological polar surface area (TPSA) is 38.1 Å². The molecule has 1 unspecified atom stereocenters. The van der Waals surface area contributed by atoms with Crippen molar-refractivity contribution < 1.29 is 8.81 Å². The predicted octanol–water partition coefficient (Wildman–Crippen LogP) is 5.10. The summed E-state index contributed by atoms with van der Waals surface area (Å²) in [6, 6.07) is 10.4. The van der Waals surface area contributed by atoms with Crippen LogP contribution in [0.3, 0.4) is 0 Å². The van der Waals surface area contributed by atoms with E-state index in [9.17, 15) is 4.39 Å². The van der Waals surface area contributed by atoms with E-state index in [1.807, 2.05) is 32.0 Å². The number of aryl methyl sites for hydroxylation is 1. The maximum absolute atomic E-state index is 13.2. The van der Waals surface area contributed by atoms with E-state index in [4.69, 9.17) is 16.0 Å². The number of halogens is 2. The van der Waals surface area contributed by atoms with Crippen molar-refractivity contribution >= 4 is 28.4 Å². The lowest BCUT2D eigenvalue weighted by molar-refractivity contribution is 0.561. The lowest BCUT2D eigenvalue weighted by atomic mass is 10.1.